The van der Waals surface area contributed by atoms with Crippen LogP contribution in [0.3, 0.4) is 0 Å². The van der Waals surface area contributed by atoms with Crippen LogP contribution >= 0.6 is 12.4 Å². The van der Waals surface area contributed by atoms with Crippen LogP contribution in [0.5, 0.6) is 0 Å². The summed E-state index contributed by atoms with van der Waals surface area (Å²) >= 11 is 0. The van der Waals surface area contributed by atoms with Crippen LogP contribution in [-0.4, -0.2) is 26.0 Å². The standard InChI is InChI=1S/C7H17NO2S.ClH/c1-4-7(5-2,6-8)11(3,9)10;/h4-6,8H2,1-3H3;1H. The molecule has 0 saturated carbocycles. The fraction of sp³-hybridized carbons (Fsp3) is 1.00. The number of halogens is 1. The van der Waals surface area contributed by atoms with Crippen LogP contribution in [0.15, 0.2) is 0 Å². The Morgan fingerprint density at radius 3 is 1.58 bits per heavy atom. The van der Waals surface area contributed by atoms with Crippen molar-refractivity contribution in [3.05, 3.63) is 0 Å². The van der Waals surface area contributed by atoms with Crippen molar-refractivity contribution in [1.82, 2.24) is 0 Å². The van der Waals surface area contributed by atoms with E-state index in [0.29, 0.717) is 12.8 Å². The summed E-state index contributed by atoms with van der Waals surface area (Å²) in [5.41, 5.74) is 5.44. The first-order chi connectivity index (χ1) is 4.93. The molecule has 0 bridgehead atoms. The van der Waals surface area contributed by atoms with E-state index in [9.17, 15) is 8.42 Å². The largest absolute Gasteiger partial charge is 0.329 e. The van der Waals surface area contributed by atoms with Gasteiger partial charge in [-0.25, -0.2) is 8.42 Å². The lowest BCUT2D eigenvalue weighted by molar-refractivity contribution is 0.490. The molecule has 0 radical (unpaired) electrons. The summed E-state index contributed by atoms with van der Waals surface area (Å²) in [7, 11) is -3.00. The SMILES string of the molecule is CCC(CC)(CN)S(C)(=O)=O.Cl. The van der Waals surface area contributed by atoms with Crippen molar-refractivity contribution < 1.29 is 8.42 Å². The van der Waals surface area contributed by atoms with Gasteiger partial charge in [0.25, 0.3) is 0 Å². The van der Waals surface area contributed by atoms with Gasteiger partial charge in [-0.05, 0) is 12.8 Å². The maximum absolute atomic E-state index is 11.3. The molecule has 0 atom stereocenters. The zero-order chi connectivity index (χ0) is 9.12. The average molecular weight is 216 g/mol. The molecule has 2 N–H and O–H groups in total. The van der Waals surface area contributed by atoms with Crippen molar-refractivity contribution in [2.24, 2.45) is 5.73 Å². The lowest BCUT2D eigenvalue weighted by atomic mass is 10.0. The van der Waals surface area contributed by atoms with Crippen molar-refractivity contribution >= 4 is 22.2 Å². The zero-order valence-electron chi connectivity index (χ0n) is 7.83. The van der Waals surface area contributed by atoms with E-state index in [-0.39, 0.29) is 19.0 Å². The van der Waals surface area contributed by atoms with Crippen molar-refractivity contribution in [3.8, 4) is 0 Å². The average Bonchev–Trinajstić information content (AvgIpc) is 1.90. The van der Waals surface area contributed by atoms with Gasteiger partial charge in [0.1, 0.15) is 0 Å². The van der Waals surface area contributed by atoms with Crippen LogP contribution in [0.4, 0.5) is 0 Å². The Kier molecular flexibility index (Phi) is 6.18. The first-order valence-electron chi connectivity index (χ1n) is 3.83. The predicted molar refractivity (Wildman–Crippen MR) is 54.5 cm³/mol. The van der Waals surface area contributed by atoms with Crippen molar-refractivity contribution in [1.29, 1.82) is 0 Å². The minimum absolute atomic E-state index is 0. The van der Waals surface area contributed by atoms with E-state index < -0.39 is 14.6 Å². The van der Waals surface area contributed by atoms with Crippen molar-refractivity contribution in [2.45, 2.75) is 31.4 Å². The third kappa shape index (κ3) is 2.61. The van der Waals surface area contributed by atoms with Gasteiger partial charge >= 0.3 is 0 Å². The summed E-state index contributed by atoms with van der Waals surface area (Å²) in [4.78, 5) is 0. The number of nitrogens with two attached hydrogens (primary N) is 1. The van der Waals surface area contributed by atoms with Gasteiger partial charge in [0, 0.05) is 12.8 Å². The van der Waals surface area contributed by atoms with Gasteiger partial charge in [-0.2, -0.15) is 0 Å². The third-order valence-electron chi connectivity index (χ3n) is 2.45. The van der Waals surface area contributed by atoms with Crippen LogP contribution in [0, 0.1) is 0 Å². The molecule has 0 aromatic heterocycles. The Balaban J connectivity index is 0. The Labute approximate surface area is 81.0 Å². The number of rotatable bonds is 4. The summed E-state index contributed by atoms with van der Waals surface area (Å²) in [5.74, 6) is 0. The minimum Gasteiger partial charge on any atom is -0.329 e. The fourth-order valence-corrected chi connectivity index (χ4v) is 2.57. The highest BCUT2D eigenvalue weighted by molar-refractivity contribution is 7.92. The van der Waals surface area contributed by atoms with Gasteiger partial charge < -0.3 is 5.73 Å². The van der Waals surface area contributed by atoms with Gasteiger partial charge in [0.2, 0.25) is 0 Å². The van der Waals surface area contributed by atoms with E-state index in [1.165, 1.54) is 6.26 Å². The van der Waals surface area contributed by atoms with E-state index >= 15 is 0 Å². The molecule has 76 valence electrons. The fourth-order valence-electron chi connectivity index (χ4n) is 1.21. The summed E-state index contributed by atoms with van der Waals surface area (Å²) < 4.78 is 21.8. The zero-order valence-corrected chi connectivity index (χ0v) is 9.46. The lowest BCUT2D eigenvalue weighted by Crippen LogP contribution is -2.43. The first kappa shape index (κ1) is 14.7. The Morgan fingerprint density at radius 2 is 1.58 bits per heavy atom. The molecule has 3 nitrogen and oxygen atoms in total. The lowest BCUT2D eigenvalue weighted by Gasteiger charge is -2.27. The molecular weight excluding hydrogens is 198 g/mol. The first-order valence-corrected chi connectivity index (χ1v) is 5.72. The molecule has 0 heterocycles. The summed E-state index contributed by atoms with van der Waals surface area (Å²) in [6.45, 7) is 3.94. The van der Waals surface area contributed by atoms with Gasteiger partial charge in [-0.3, -0.25) is 0 Å². The molecule has 0 aliphatic heterocycles. The highest BCUT2D eigenvalue weighted by Crippen LogP contribution is 2.23. The summed E-state index contributed by atoms with van der Waals surface area (Å²) in [5, 5.41) is 0. The Hall–Kier alpha value is 0.200. The molecule has 0 aromatic rings. The molecule has 0 aliphatic rings. The normalized spacial score (nSPS) is 12.3. The highest BCUT2D eigenvalue weighted by atomic mass is 35.5. The van der Waals surface area contributed by atoms with Gasteiger partial charge in [0.05, 0.1) is 4.75 Å². The molecular formula is C7H18ClNO2S. The molecule has 0 saturated heterocycles. The van der Waals surface area contributed by atoms with Crippen LogP contribution in [0.1, 0.15) is 26.7 Å². The molecule has 0 rings (SSSR count). The number of sulfone groups is 1. The van der Waals surface area contributed by atoms with Crippen molar-refractivity contribution in [3.63, 3.8) is 0 Å². The molecule has 12 heavy (non-hydrogen) atoms. The molecule has 0 fully saturated rings. The van der Waals surface area contributed by atoms with Gasteiger partial charge in [-0.15, -0.1) is 12.4 Å². The van der Waals surface area contributed by atoms with E-state index in [1.54, 1.807) is 0 Å². The maximum atomic E-state index is 11.3. The monoisotopic (exact) mass is 215 g/mol. The summed E-state index contributed by atoms with van der Waals surface area (Å²) in [6, 6.07) is 0. The van der Waals surface area contributed by atoms with Crippen LogP contribution in [-0.2, 0) is 9.84 Å². The van der Waals surface area contributed by atoms with E-state index in [0.717, 1.165) is 0 Å². The quantitative estimate of drug-likeness (QED) is 0.761. The van der Waals surface area contributed by atoms with Crippen LogP contribution in [0.25, 0.3) is 0 Å². The second-order valence-electron chi connectivity index (χ2n) is 2.87. The molecule has 0 spiro atoms. The highest BCUT2D eigenvalue weighted by Gasteiger charge is 2.35. The Morgan fingerprint density at radius 1 is 1.25 bits per heavy atom. The summed E-state index contributed by atoms with van der Waals surface area (Å²) in [6.07, 6.45) is 2.45. The second kappa shape index (κ2) is 5.04. The van der Waals surface area contributed by atoms with E-state index in [1.807, 2.05) is 13.8 Å². The number of hydrogen-bond donors (Lipinski definition) is 1. The smallest absolute Gasteiger partial charge is 0.154 e. The third-order valence-corrected chi connectivity index (χ3v) is 4.76. The van der Waals surface area contributed by atoms with Gasteiger partial charge in [-0.1, -0.05) is 13.8 Å². The molecule has 0 aromatic carbocycles. The van der Waals surface area contributed by atoms with Crippen LogP contribution < -0.4 is 5.73 Å². The minimum atomic E-state index is -3.00. The molecule has 0 aliphatic carbocycles. The van der Waals surface area contributed by atoms with Crippen molar-refractivity contribution in [2.75, 3.05) is 12.8 Å². The van der Waals surface area contributed by atoms with Gasteiger partial charge in [0.15, 0.2) is 9.84 Å². The molecule has 5 heteroatoms. The second-order valence-corrected chi connectivity index (χ2v) is 5.28. The molecule has 0 unspecified atom stereocenters. The predicted octanol–water partition coefficient (Wildman–Crippen LogP) is 0.970. The van der Waals surface area contributed by atoms with E-state index in [2.05, 4.69) is 0 Å². The Bertz CT molecular complexity index is 201. The topological polar surface area (TPSA) is 60.2 Å². The maximum Gasteiger partial charge on any atom is 0.154 e. The molecule has 0 amide bonds. The number of hydrogen-bond acceptors (Lipinski definition) is 3. The van der Waals surface area contributed by atoms with E-state index in [4.69, 9.17) is 5.73 Å². The van der Waals surface area contributed by atoms with Crippen LogP contribution in [0.2, 0.25) is 0 Å².